The number of amides is 1. The van der Waals surface area contributed by atoms with Gasteiger partial charge in [-0.15, -0.1) is 0 Å². The smallest absolute Gasteiger partial charge is 0.307 e. The second-order valence-corrected chi connectivity index (χ2v) is 5.20. The maximum Gasteiger partial charge on any atom is 0.307 e. The van der Waals surface area contributed by atoms with E-state index in [9.17, 15) is 9.59 Å². The highest BCUT2D eigenvalue weighted by Crippen LogP contribution is 2.18. The molecule has 1 amide bonds. The van der Waals surface area contributed by atoms with Crippen LogP contribution in [0.15, 0.2) is 6.20 Å². The number of carbonyl (C=O) groups is 2. The van der Waals surface area contributed by atoms with Crippen LogP contribution in [0.3, 0.4) is 0 Å². The van der Waals surface area contributed by atoms with Crippen LogP contribution in [-0.2, 0) is 9.53 Å². The van der Waals surface area contributed by atoms with Crippen molar-refractivity contribution in [3.63, 3.8) is 0 Å². The molecule has 0 fully saturated rings. The predicted octanol–water partition coefficient (Wildman–Crippen LogP) is 2.28. The van der Waals surface area contributed by atoms with Gasteiger partial charge in [-0.25, -0.2) is 9.97 Å². The molecule has 0 radical (unpaired) electrons. The molecule has 1 aromatic heterocycles. The number of halogens is 1. The molecule has 0 atom stereocenters. The van der Waals surface area contributed by atoms with Crippen LogP contribution in [0.2, 0.25) is 5.02 Å². The van der Waals surface area contributed by atoms with Crippen molar-refractivity contribution in [2.45, 2.75) is 33.1 Å². The van der Waals surface area contributed by atoms with Crippen LogP contribution < -0.4 is 0 Å². The monoisotopic (exact) mass is 313 g/mol. The van der Waals surface area contributed by atoms with E-state index in [-0.39, 0.29) is 41.5 Å². The summed E-state index contributed by atoms with van der Waals surface area (Å²) in [4.78, 5) is 33.5. The van der Waals surface area contributed by atoms with E-state index in [2.05, 4.69) is 14.7 Å². The summed E-state index contributed by atoms with van der Waals surface area (Å²) in [7, 11) is 1.32. The number of esters is 1. The van der Waals surface area contributed by atoms with E-state index < -0.39 is 0 Å². The lowest BCUT2D eigenvalue weighted by Crippen LogP contribution is -2.34. The summed E-state index contributed by atoms with van der Waals surface area (Å²) in [5, 5.41) is 0.209. The quantitative estimate of drug-likeness (QED) is 0.753. The largest absolute Gasteiger partial charge is 0.469 e. The fourth-order valence-electron chi connectivity index (χ4n) is 1.69. The van der Waals surface area contributed by atoms with Crippen molar-refractivity contribution in [3.05, 3.63) is 22.7 Å². The highest BCUT2D eigenvalue weighted by molar-refractivity contribution is 6.33. The molecule has 1 heterocycles. The molecule has 0 unspecified atom stereocenters. The van der Waals surface area contributed by atoms with Crippen LogP contribution in [0.1, 0.15) is 49.4 Å². The molecule has 6 nitrogen and oxygen atoms in total. The molecule has 0 aliphatic heterocycles. The van der Waals surface area contributed by atoms with Crippen molar-refractivity contribution >= 4 is 23.5 Å². The topological polar surface area (TPSA) is 72.4 Å². The molecule has 0 saturated carbocycles. The van der Waals surface area contributed by atoms with Crippen molar-refractivity contribution in [2.24, 2.45) is 0 Å². The lowest BCUT2D eigenvalue weighted by molar-refractivity contribution is -0.140. The van der Waals surface area contributed by atoms with Gasteiger partial charge in [-0.3, -0.25) is 9.59 Å². The molecule has 0 spiro atoms. The van der Waals surface area contributed by atoms with E-state index in [1.165, 1.54) is 18.2 Å². The maximum absolute atomic E-state index is 12.5. The van der Waals surface area contributed by atoms with Crippen LogP contribution >= 0.6 is 11.6 Å². The van der Waals surface area contributed by atoms with Crippen LogP contribution in [0.5, 0.6) is 0 Å². The van der Waals surface area contributed by atoms with Gasteiger partial charge in [0.25, 0.3) is 5.91 Å². The number of ether oxygens (including phenoxy) is 1. The Hall–Kier alpha value is -1.69. The van der Waals surface area contributed by atoms with Gasteiger partial charge in [0.15, 0.2) is 5.69 Å². The Bertz CT molecular complexity index is 520. The van der Waals surface area contributed by atoms with Crippen molar-refractivity contribution in [2.75, 3.05) is 20.2 Å². The third kappa shape index (κ3) is 4.67. The minimum absolute atomic E-state index is 0.0963. The van der Waals surface area contributed by atoms with Crippen LogP contribution in [0.25, 0.3) is 0 Å². The van der Waals surface area contributed by atoms with Gasteiger partial charge in [0.2, 0.25) is 0 Å². The average Bonchev–Trinajstić information content (AvgIpc) is 2.47. The highest BCUT2D eigenvalue weighted by Gasteiger charge is 2.21. The van der Waals surface area contributed by atoms with E-state index in [1.807, 2.05) is 20.8 Å². The molecule has 21 heavy (non-hydrogen) atoms. The van der Waals surface area contributed by atoms with E-state index >= 15 is 0 Å². The predicted molar refractivity (Wildman–Crippen MR) is 79.3 cm³/mol. The standard InChI is InChI=1S/C14H20ClN3O3/c1-5-18(7-6-11(19)21-4)14(20)12-10(15)8-16-13(17-12)9(2)3/h8-9H,5-7H2,1-4H3. The molecule has 7 heteroatoms. The number of hydrogen-bond acceptors (Lipinski definition) is 5. The highest BCUT2D eigenvalue weighted by atomic mass is 35.5. The second-order valence-electron chi connectivity index (χ2n) is 4.79. The van der Waals surface area contributed by atoms with Crippen LogP contribution in [0.4, 0.5) is 0 Å². The maximum atomic E-state index is 12.5. The summed E-state index contributed by atoms with van der Waals surface area (Å²) < 4.78 is 4.58. The van der Waals surface area contributed by atoms with Gasteiger partial charge in [0.05, 0.1) is 24.8 Å². The van der Waals surface area contributed by atoms with Crippen molar-refractivity contribution < 1.29 is 14.3 Å². The van der Waals surface area contributed by atoms with E-state index in [0.29, 0.717) is 12.4 Å². The summed E-state index contributed by atoms with van der Waals surface area (Å²) in [6.45, 7) is 6.42. The van der Waals surface area contributed by atoms with Gasteiger partial charge in [0.1, 0.15) is 5.82 Å². The first-order valence-corrected chi connectivity index (χ1v) is 7.17. The van der Waals surface area contributed by atoms with Gasteiger partial charge in [-0.1, -0.05) is 25.4 Å². The minimum atomic E-state index is -0.363. The molecule has 0 aliphatic carbocycles. The van der Waals surface area contributed by atoms with E-state index in [1.54, 1.807) is 0 Å². The second kappa shape index (κ2) is 7.93. The van der Waals surface area contributed by atoms with Gasteiger partial charge < -0.3 is 9.64 Å². The summed E-state index contributed by atoms with van der Waals surface area (Å²) in [5.74, 6) is -0.0145. The normalized spacial score (nSPS) is 10.6. The number of aromatic nitrogens is 2. The van der Waals surface area contributed by atoms with E-state index in [4.69, 9.17) is 11.6 Å². The summed E-state index contributed by atoms with van der Waals surface area (Å²) in [5.41, 5.74) is 0.169. The van der Waals surface area contributed by atoms with Crippen molar-refractivity contribution in [3.8, 4) is 0 Å². The number of rotatable bonds is 6. The number of methoxy groups -OCH3 is 1. The summed E-state index contributed by atoms with van der Waals surface area (Å²) >= 11 is 6.02. The number of carbonyl (C=O) groups excluding carboxylic acids is 2. The fraction of sp³-hybridized carbons (Fsp3) is 0.571. The Balaban J connectivity index is 2.94. The Morgan fingerprint density at radius 3 is 2.62 bits per heavy atom. The lowest BCUT2D eigenvalue weighted by atomic mass is 10.2. The zero-order chi connectivity index (χ0) is 16.0. The first kappa shape index (κ1) is 17.4. The molecule has 0 aliphatic rings. The van der Waals surface area contributed by atoms with Gasteiger partial charge in [-0.05, 0) is 6.92 Å². The molecular formula is C14H20ClN3O3. The van der Waals surface area contributed by atoms with Gasteiger partial charge in [-0.2, -0.15) is 0 Å². The Labute approximate surface area is 129 Å². The Morgan fingerprint density at radius 1 is 1.43 bits per heavy atom. The fourth-order valence-corrected chi connectivity index (χ4v) is 1.86. The first-order valence-electron chi connectivity index (χ1n) is 6.79. The van der Waals surface area contributed by atoms with Crippen LogP contribution in [0, 0.1) is 0 Å². The summed E-state index contributed by atoms with van der Waals surface area (Å²) in [6.07, 6.45) is 1.57. The number of hydrogen-bond donors (Lipinski definition) is 0. The average molecular weight is 314 g/mol. The molecule has 1 rings (SSSR count). The third-order valence-corrected chi connectivity index (χ3v) is 3.24. The Kier molecular flexibility index (Phi) is 6.55. The molecular weight excluding hydrogens is 294 g/mol. The molecule has 0 N–H and O–H groups in total. The van der Waals surface area contributed by atoms with Gasteiger partial charge in [0, 0.05) is 19.0 Å². The lowest BCUT2D eigenvalue weighted by Gasteiger charge is -2.20. The molecule has 0 bridgehead atoms. The zero-order valence-electron chi connectivity index (χ0n) is 12.7. The summed E-state index contributed by atoms with van der Waals surface area (Å²) in [6, 6.07) is 0. The van der Waals surface area contributed by atoms with E-state index in [0.717, 1.165) is 0 Å². The van der Waals surface area contributed by atoms with Gasteiger partial charge >= 0.3 is 5.97 Å². The minimum Gasteiger partial charge on any atom is -0.469 e. The molecule has 1 aromatic rings. The SMILES string of the molecule is CCN(CCC(=O)OC)C(=O)c1nc(C(C)C)ncc1Cl. The molecule has 116 valence electrons. The molecule has 0 aromatic carbocycles. The first-order chi connectivity index (χ1) is 9.90. The van der Waals surface area contributed by atoms with Crippen molar-refractivity contribution in [1.29, 1.82) is 0 Å². The van der Waals surface area contributed by atoms with Crippen molar-refractivity contribution in [1.82, 2.24) is 14.9 Å². The zero-order valence-corrected chi connectivity index (χ0v) is 13.5. The third-order valence-electron chi connectivity index (χ3n) is 2.96. The number of nitrogens with zero attached hydrogens (tertiary/aromatic N) is 3. The Morgan fingerprint density at radius 2 is 2.10 bits per heavy atom. The molecule has 0 saturated heterocycles. The van der Waals surface area contributed by atoms with Crippen LogP contribution in [-0.4, -0.2) is 46.9 Å².